The van der Waals surface area contributed by atoms with Crippen molar-refractivity contribution in [1.82, 2.24) is 0 Å². The van der Waals surface area contributed by atoms with Gasteiger partial charge in [0.05, 0.1) is 34.3 Å². The van der Waals surface area contributed by atoms with Gasteiger partial charge in [0, 0.05) is 12.1 Å². The summed E-state index contributed by atoms with van der Waals surface area (Å²) in [6, 6.07) is 15.3. The molecule has 1 fully saturated rings. The fourth-order valence-corrected chi connectivity index (χ4v) is 4.44. The van der Waals surface area contributed by atoms with Crippen molar-refractivity contribution in [3.05, 3.63) is 80.9 Å². The number of carbonyl (C=O) groups excluding carboxylic acids is 1. The predicted octanol–water partition coefficient (Wildman–Crippen LogP) is 5.58. The van der Waals surface area contributed by atoms with Gasteiger partial charge in [-0.2, -0.15) is 0 Å². The quantitative estimate of drug-likeness (QED) is 0.216. The summed E-state index contributed by atoms with van der Waals surface area (Å²) in [6.07, 6.45) is 1.64. The van der Waals surface area contributed by atoms with Crippen LogP contribution in [0.15, 0.2) is 63.9 Å². The van der Waals surface area contributed by atoms with Gasteiger partial charge in [0.2, 0.25) is 0 Å². The molecule has 1 saturated heterocycles. The molecule has 0 aliphatic carbocycles. The Kier molecular flexibility index (Phi) is 5.62. The number of amides is 1. The van der Waals surface area contributed by atoms with Gasteiger partial charge in [-0.15, -0.1) is 0 Å². The fraction of sp³-hybridized carbons (Fsp3) is 0.0909. The van der Waals surface area contributed by atoms with Crippen LogP contribution < -0.4 is 9.64 Å². The highest BCUT2D eigenvalue weighted by molar-refractivity contribution is 8.27. The standard InChI is InChI=1S/C22H16N2O5S2/c1-13-4-3-5-14(10-13)23-21(25)20(31-22(23)30)12-16-7-9-18(29-16)17-8-6-15(24(26)27)11-19(17)28-2/h3-12H,1-2H3/b20-12+. The van der Waals surface area contributed by atoms with E-state index < -0.39 is 4.92 Å². The van der Waals surface area contributed by atoms with Crippen LogP contribution in [0.5, 0.6) is 5.75 Å². The first-order valence-electron chi connectivity index (χ1n) is 9.14. The smallest absolute Gasteiger partial charge is 0.273 e. The van der Waals surface area contributed by atoms with Crippen LogP contribution in [0.4, 0.5) is 11.4 Å². The van der Waals surface area contributed by atoms with Crippen molar-refractivity contribution in [2.24, 2.45) is 0 Å². The number of thiocarbonyl (C=S) groups is 1. The molecule has 2 aromatic carbocycles. The van der Waals surface area contributed by atoms with Gasteiger partial charge in [0.15, 0.2) is 4.32 Å². The number of nitro groups is 1. The van der Waals surface area contributed by atoms with Crippen molar-refractivity contribution in [3.8, 4) is 17.1 Å². The number of non-ortho nitro benzene ring substituents is 1. The number of hydrogen-bond donors (Lipinski definition) is 0. The van der Waals surface area contributed by atoms with Crippen LogP contribution in [0, 0.1) is 17.0 Å². The van der Waals surface area contributed by atoms with Crippen LogP contribution in [0.2, 0.25) is 0 Å². The van der Waals surface area contributed by atoms with Gasteiger partial charge in [0.1, 0.15) is 17.3 Å². The summed E-state index contributed by atoms with van der Waals surface area (Å²) in [6.45, 7) is 1.95. The maximum absolute atomic E-state index is 12.9. The van der Waals surface area contributed by atoms with Gasteiger partial charge in [-0.3, -0.25) is 19.8 Å². The van der Waals surface area contributed by atoms with Crippen LogP contribution in [0.25, 0.3) is 17.4 Å². The number of carbonyl (C=O) groups is 1. The first kappa shape index (κ1) is 20.8. The normalized spacial score (nSPS) is 15.0. The Morgan fingerprint density at radius 1 is 1.19 bits per heavy atom. The molecule has 0 radical (unpaired) electrons. The number of anilines is 1. The molecule has 0 bridgehead atoms. The highest BCUT2D eigenvalue weighted by Crippen LogP contribution is 2.38. The van der Waals surface area contributed by atoms with Crippen LogP contribution in [0.3, 0.4) is 0 Å². The largest absolute Gasteiger partial charge is 0.496 e. The van der Waals surface area contributed by atoms with Crippen LogP contribution in [-0.4, -0.2) is 22.3 Å². The van der Waals surface area contributed by atoms with E-state index in [0.717, 1.165) is 11.3 Å². The number of nitro benzene ring substituents is 1. The molecule has 0 N–H and O–H groups in total. The zero-order chi connectivity index (χ0) is 22.1. The van der Waals surface area contributed by atoms with E-state index in [1.165, 1.54) is 35.9 Å². The number of aryl methyl sites for hydroxylation is 1. The molecule has 1 amide bonds. The van der Waals surface area contributed by atoms with E-state index in [9.17, 15) is 14.9 Å². The number of benzene rings is 2. The average Bonchev–Trinajstić information content (AvgIpc) is 3.31. The molecule has 1 aliphatic rings. The van der Waals surface area contributed by atoms with Crippen molar-refractivity contribution >= 4 is 51.7 Å². The Balaban J connectivity index is 1.63. The van der Waals surface area contributed by atoms with E-state index in [0.29, 0.717) is 32.1 Å². The van der Waals surface area contributed by atoms with Crippen molar-refractivity contribution in [2.45, 2.75) is 6.92 Å². The highest BCUT2D eigenvalue weighted by atomic mass is 32.2. The Hall–Kier alpha value is -3.43. The lowest BCUT2D eigenvalue weighted by molar-refractivity contribution is -0.384. The van der Waals surface area contributed by atoms with Gasteiger partial charge < -0.3 is 9.15 Å². The summed E-state index contributed by atoms with van der Waals surface area (Å²) < 4.78 is 11.6. The fourth-order valence-electron chi connectivity index (χ4n) is 3.16. The summed E-state index contributed by atoms with van der Waals surface area (Å²) in [5, 5.41) is 11.0. The summed E-state index contributed by atoms with van der Waals surface area (Å²) in [4.78, 5) is 25.4. The third kappa shape index (κ3) is 4.10. The van der Waals surface area contributed by atoms with Gasteiger partial charge in [-0.1, -0.05) is 36.1 Å². The Morgan fingerprint density at radius 2 is 2.00 bits per heavy atom. The van der Waals surface area contributed by atoms with Gasteiger partial charge in [-0.25, -0.2) is 0 Å². The maximum Gasteiger partial charge on any atom is 0.273 e. The molecule has 9 heteroatoms. The van der Waals surface area contributed by atoms with E-state index in [-0.39, 0.29) is 11.6 Å². The van der Waals surface area contributed by atoms with E-state index in [1.807, 2.05) is 31.2 Å². The summed E-state index contributed by atoms with van der Waals surface area (Å²) >= 11 is 6.61. The molecule has 31 heavy (non-hydrogen) atoms. The average molecular weight is 453 g/mol. The number of hydrogen-bond acceptors (Lipinski definition) is 7. The van der Waals surface area contributed by atoms with Gasteiger partial charge in [-0.05, 0) is 42.8 Å². The van der Waals surface area contributed by atoms with Crippen molar-refractivity contribution < 1.29 is 18.9 Å². The molecule has 7 nitrogen and oxygen atoms in total. The minimum atomic E-state index is -0.490. The first-order valence-corrected chi connectivity index (χ1v) is 10.4. The maximum atomic E-state index is 12.9. The zero-order valence-corrected chi connectivity index (χ0v) is 18.2. The summed E-state index contributed by atoms with van der Waals surface area (Å²) in [5.41, 5.74) is 2.25. The Bertz CT molecular complexity index is 1250. The molecule has 0 spiro atoms. The van der Waals surface area contributed by atoms with Crippen LogP contribution in [0.1, 0.15) is 11.3 Å². The van der Waals surface area contributed by atoms with Gasteiger partial charge in [0.25, 0.3) is 11.6 Å². The lowest BCUT2D eigenvalue weighted by Gasteiger charge is -2.14. The first-order chi connectivity index (χ1) is 14.9. The molecule has 1 aliphatic heterocycles. The highest BCUT2D eigenvalue weighted by Gasteiger charge is 2.33. The third-order valence-corrected chi connectivity index (χ3v) is 5.92. The summed E-state index contributed by atoms with van der Waals surface area (Å²) in [7, 11) is 1.43. The zero-order valence-electron chi connectivity index (χ0n) is 16.5. The summed E-state index contributed by atoms with van der Waals surface area (Å²) in [5.74, 6) is 1.03. The van der Waals surface area contributed by atoms with E-state index in [2.05, 4.69) is 0 Å². The molecule has 2 heterocycles. The minimum absolute atomic E-state index is 0.0767. The molecular formula is C22H16N2O5S2. The van der Waals surface area contributed by atoms with Crippen molar-refractivity contribution in [2.75, 3.05) is 12.0 Å². The predicted molar refractivity (Wildman–Crippen MR) is 124 cm³/mol. The monoisotopic (exact) mass is 452 g/mol. The van der Waals surface area contributed by atoms with Gasteiger partial charge >= 0.3 is 0 Å². The molecule has 0 unspecified atom stereocenters. The molecule has 3 aromatic rings. The van der Waals surface area contributed by atoms with Crippen molar-refractivity contribution in [3.63, 3.8) is 0 Å². The second-order valence-corrected chi connectivity index (χ2v) is 8.38. The third-order valence-electron chi connectivity index (χ3n) is 4.62. The lowest BCUT2D eigenvalue weighted by atomic mass is 10.1. The molecule has 156 valence electrons. The van der Waals surface area contributed by atoms with E-state index in [1.54, 1.807) is 24.3 Å². The van der Waals surface area contributed by atoms with Crippen LogP contribution >= 0.6 is 24.0 Å². The SMILES string of the molecule is COc1cc([N+](=O)[O-])ccc1-c1ccc(/C=C2/SC(=S)N(c3cccc(C)c3)C2=O)o1. The van der Waals surface area contributed by atoms with E-state index >= 15 is 0 Å². The van der Waals surface area contributed by atoms with Crippen molar-refractivity contribution in [1.29, 1.82) is 0 Å². The lowest BCUT2D eigenvalue weighted by Crippen LogP contribution is -2.27. The molecule has 0 atom stereocenters. The number of ether oxygens (including phenoxy) is 1. The number of nitrogens with zero attached hydrogens (tertiary/aromatic N) is 2. The van der Waals surface area contributed by atoms with Crippen LogP contribution in [-0.2, 0) is 4.79 Å². The number of methoxy groups -OCH3 is 1. The topological polar surface area (TPSA) is 85.8 Å². The number of thioether (sulfide) groups is 1. The molecular weight excluding hydrogens is 436 g/mol. The molecule has 1 aromatic heterocycles. The number of rotatable bonds is 5. The Labute approximate surface area is 187 Å². The molecule has 0 saturated carbocycles. The van der Waals surface area contributed by atoms with E-state index in [4.69, 9.17) is 21.4 Å². The minimum Gasteiger partial charge on any atom is -0.496 e. The number of furan rings is 1. The Morgan fingerprint density at radius 3 is 2.71 bits per heavy atom. The second-order valence-electron chi connectivity index (χ2n) is 6.70. The second kappa shape index (κ2) is 8.37. The molecule has 4 rings (SSSR count).